The summed E-state index contributed by atoms with van der Waals surface area (Å²) in [6, 6.07) is 46.9. The summed E-state index contributed by atoms with van der Waals surface area (Å²) in [4.78, 5) is 13.4. The molecule has 8 rings (SSSR count). The molecule has 0 saturated heterocycles. The van der Waals surface area contributed by atoms with Gasteiger partial charge in [0.2, 0.25) is 0 Å². The SMILES string of the molecule is Cc1ccc2ccccc2c1CCc1ccccc1C1=NCCN1CC#N.N#CCN1CCN=C1c1cccc(Cl)c1CCc1cccc2ccccc12. The van der Waals surface area contributed by atoms with Gasteiger partial charge in [0.25, 0.3) is 0 Å². The monoisotopic (exact) mass is 726 g/mol. The van der Waals surface area contributed by atoms with Gasteiger partial charge in [-0.1, -0.05) is 127 Å². The van der Waals surface area contributed by atoms with E-state index < -0.39 is 0 Å². The molecule has 2 heterocycles. The first-order valence-electron chi connectivity index (χ1n) is 18.7. The quantitative estimate of drug-likeness (QED) is 0.132. The molecule has 0 N–H and O–H groups in total. The molecule has 0 atom stereocenters. The summed E-state index contributed by atoms with van der Waals surface area (Å²) in [5.74, 6) is 1.87. The molecule has 0 aromatic heterocycles. The van der Waals surface area contributed by atoms with Crippen molar-refractivity contribution in [3.8, 4) is 12.1 Å². The predicted octanol–water partition coefficient (Wildman–Crippen LogP) is 9.38. The van der Waals surface area contributed by atoms with Crippen molar-refractivity contribution in [3.63, 3.8) is 0 Å². The average Bonchev–Trinajstić information content (AvgIpc) is 3.87. The Balaban J connectivity index is 0.000000167. The standard InChI is InChI=1S/C24H23N3.C23H20ClN3/c1-18-10-11-19-6-2-4-8-22(19)21(18)13-12-20-7-3-5-9-23(20)24-26-15-17-27(24)16-14-25;24-22-10-4-9-21(23-26-14-16-27(23)15-13-25)20(22)12-11-18-7-3-6-17-5-1-2-8-19(17)18/h2-11H,12-13,15-17H2,1H3;1-10H,11-12,14-16H2. The van der Waals surface area contributed by atoms with Gasteiger partial charge in [-0.05, 0) is 88.0 Å². The second kappa shape index (κ2) is 17.3. The molecular weight excluding hydrogens is 684 g/mol. The molecule has 54 heavy (non-hydrogen) atoms. The highest BCUT2D eigenvalue weighted by molar-refractivity contribution is 6.32. The van der Waals surface area contributed by atoms with Gasteiger partial charge in [-0.2, -0.15) is 10.5 Å². The molecule has 268 valence electrons. The molecule has 0 fully saturated rings. The Bertz CT molecular complexity index is 2430. The fourth-order valence-electron chi connectivity index (χ4n) is 7.74. The molecule has 6 nitrogen and oxygen atoms in total. The van der Waals surface area contributed by atoms with Crippen LogP contribution in [0.2, 0.25) is 5.02 Å². The molecule has 6 aromatic rings. The smallest absolute Gasteiger partial charge is 0.132 e. The lowest BCUT2D eigenvalue weighted by atomic mass is 9.93. The summed E-state index contributed by atoms with van der Waals surface area (Å²) in [5.41, 5.74) is 8.71. The molecule has 0 saturated carbocycles. The van der Waals surface area contributed by atoms with Gasteiger partial charge in [-0.25, -0.2) is 0 Å². The Morgan fingerprint density at radius 1 is 0.556 bits per heavy atom. The van der Waals surface area contributed by atoms with E-state index in [0.717, 1.165) is 79.7 Å². The normalized spacial score (nSPS) is 13.6. The number of aryl methyl sites for hydroxylation is 4. The molecule has 7 heteroatoms. The van der Waals surface area contributed by atoms with Gasteiger partial charge in [0.15, 0.2) is 0 Å². The maximum atomic E-state index is 9.10. The van der Waals surface area contributed by atoms with Gasteiger partial charge in [-0.15, -0.1) is 0 Å². The fraction of sp³-hybridized carbons (Fsp3) is 0.234. The van der Waals surface area contributed by atoms with E-state index in [1.165, 1.54) is 49.4 Å². The van der Waals surface area contributed by atoms with Gasteiger partial charge in [0, 0.05) is 29.2 Å². The van der Waals surface area contributed by atoms with Crippen molar-refractivity contribution in [3.05, 3.63) is 165 Å². The zero-order chi connectivity index (χ0) is 37.3. The molecular formula is C47H43ClN6. The molecule has 6 aromatic carbocycles. The predicted molar refractivity (Wildman–Crippen MR) is 223 cm³/mol. The summed E-state index contributed by atoms with van der Waals surface area (Å²) >= 11 is 6.58. The average molecular weight is 727 g/mol. The van der Waals surface area contributed by atoms with Crippen LogP contribution in [0, 0.1) is 29.6 Å². The minimum atomic E-state index is 0.355. The topological polar surface area (TPSA) is 78.8 Å². The second-order valence-corrected chi connectivity index (χ2v) is 14.1. The van der Waals surface area contributed by atoms with Gasteiger partial charge in [-0.3, -0.25) is 9.98 Å². The van der Waals surface area contributed by atoms with Crippen LogP contribution in [0.4, 0.5) is 0 Å². The zero-order valence-electron chi connectivity index (χ0n) is 30.7. The number of hydrogen-bond acceptors (Lipinski definition) is 6. The minimum Gasteiger partial charge on any atom is -0.341 e. The summed E-state index contributed by atoms with van der Waals surface area (Å²) in [5, 5.41) is 24.1. The Morgan fingerprint density at radius 2 is 1.09 bits per heavy atom. The number of benzene rings is 6. The van der Waals surface area contributed by atoms with Crippen molar-refractivity contribution < 1.29 is 0 Å². The molecule has 0 spiro atoms. The summed E-state index contributed by atoms with van der Waals surface area (Å²) in [6.45, 7) is 6.07. The largest absolute Gasteiger partial charge is 0.341 e. The molecule has 0 aliphatic carbocycles. The number of fused-ring (bicyclic) bond motifs is 2. The fourth-order valence-corrected chi connectivity index (χ4v) is 8.01. The number of hydrogen-bond donors (Lipinski definition) is 0. The van der Waals surface area contributed by atoms with Crippen molar-refractivity contribution in [1.82, 2.24) is 9.80 Å². The first-order chi connectivity index (χ1) is 26.6. The first-order valence-corrected chi connectivity index (χ1v) is 19.1. The number of halogens is 1. The van der Waals surface area contributed by atoms with E-state index in [1.54, 1.807) is 0 Å². The Kier molecular flexibility index (Phi) is 11.6. The minimum absolute atomic E-state index is 0.355. The van der Waals surface area contributed by atoms with E-state index in [9.17, 15) is 0 Å². The lowest BCUT2D eigenvalue weighted by Crippen LogP contribution is -2.29. The molecule has 0 amide bonds. The van der Waals surface area contributed by atoms with Crippen LogP contribution < -0.4 is 0 Å². The molecule has 2 aliphatic rings. The Morgan fingerprint density at radius 3 is 1.83 bits per heavy atom. The molecule has 0 unspecified atom stereocenters. The van der Waals surface area contributed by atoms with Crippen LogP contribution >= 0.6 is 11.6 Å². The molecule has 0 radical (unpaired) electrons. The number of nitriles is 2. The third-order valence-electron chi connectivity index (χ3n) is 10.4. The number of amidine groups is 2. The number of rotatable bonds is 10. The lowest BCUT2D eigenvalue weighted by Gasteiger charge is -2.20. The van der Waals surface area contributed by atoms with Crippen LogP contribution in [0.3, 0.4) is 0 Å². The van der Waals surface area contributed by atoms with Crippen LogP contribution in [0.15, 0.2) is 131 Å². The molecule has 0 bridgehead atoms. The third kappa shape index (κ3) is 8.01. The maximum absolute atomic E-state index is 9.10. The van der Waals surface area contributed by atoms with Gasteiger partial charge >= 0.3 is 0 Å². The lowest BCUT2D eigenvalue weighted by molar-refractivity contribution is 0.512. The second-order valence-electron chi connectivity index (χ2n) is 13.7. The number of nitrogens with zero attached hydrogens (tertiary/aromatic N) is 6. The van der Waals surface area contributed by atoms with Crippen molar-refractivity contribution in [2.24, 2.45) is 9.98 Å². The van der Waals surface area contributed by atoms with E-state index in [-0.39, 0.29) is 0 Å². The van der Waals surface area contributed by atoms with Crippen molar-refractivity contribution in [2.45, 2.75) is 32.6 Å². The summed E-state index contributed by atoms with van der Waals surface area (Å²) in [6.07, 6.45) is 3.70. The van der Waals surface area contributed by atoms with Gasteiger partial charge < -0.3 is 9.80 Å². The summed E-state index contributed by atoms with van der Waals surface area (Å²) < 4.78 is 0. The summed E-state index contributed by atoms with van der Waals surface area (Å²) in [7, 11) is 0. The van der Waals surface area contributed by atoms with Crippen LogP contribution in [-0.2, 0) is 25.7 Å². The van der Waals surface area contributed by atoms with E-state index in [4.69, 9.17) is 22.1 Å². The van der Waals surface area contributed by atoms with E-state index in [2.05, 4.69) is 143 Å². The third-order valence-corrected chi connectivity index (χ3v) is 10.8. The number of aliphatic imine (C=N–C) groups is 2. The van der Waals surface area contributed by atoms with Gasteiger partial charge in [0.1, 0.15) is 24.8 Å². The van der Waals surface area contributed by atoms with Crippen LogP contribution in [0.1, 0.15) is 38.9 Å². The van der Waals surface area contributed by atoms with E-state index >= 15 is 0 Å². The first kappa shape index (κ1) is 36.4. The molecule has 2 aliphatic heterocycles. The van der Waals surface area contributed by atoms with Crippen molar-refractivity contribution in [2.75, 3.05) is 39.3 Å². The zero-order valence-corrected chi connectivity index (χ0v) is 31.4. The highest BCUT2D eigenvalue weighted by Gasteiger charge is 2.23. The Hall–Kier alpha value is -5.95. The highest BCUT2D eigenvalue weighted by atomic mass is 35.5. The van der Waals surface area contributed by atoms with Crippen LogP contribution in [0.5, 0.6) is 0 Å². The van der Waals surface area contributed by atoms with E-state index in [1.807, 2.05) is 17.0 Å². The van der Waals surface area contributed by atoms with E-state index in [0.29, 0.717) is 13.1 Å². The van der Waals surface area contributed by atoms with Crippen LogP contribution in [-0.4, -0.2) is 60.7 Å². The maximum Gasteiger partial charge on any atom is 0.132 e. The highest BCUT2D eigenvalue weighted by Crippen LogP contribution is 2.28. The van der Waals surface area contributed by atoms with Crippen molar-refractivity contribution in [1.29, 1.82) is 10.5 Å². The van der Waals surface area contributed by atoms with Crippen molar-refractivity contribution >= 4 is 44.8 Å². The Labute approximate surface area is 323 Å². The van der Waals surface area contributed by atoms with Crippen LogP contribution in [0.25, 0.3) is 21.5 Å². The van der Waals surface area contributed by atoms with Gasteiger partial charge in [0.05, 0.1) is 25.2 Å².